The van der Waals surface area contributed by atoms with E-state index in [1.165, 1.54) is 17.3 Å². The number of aromatic amines is 2. The lowest BCUT2D eigenvalue weighted by Crippen LogP contribution is -2.40. The number of thioether (sulfide) groups is 1. The number of rotatable bonds is 4. The molecule has 6 nitrogen and oxygen atoms in total. The zero-order valence-corrected chi connectivity index (χ0v) is 15.0. The quantitative estimate of drug-likeness (QED) is 0.705. The fraction of sp³-hybridized carbons (Fsp3) is 0.389. The average Bonchev–Trinajstić information content (AvgIpc) is 3.29. The van der Waals surface area contributed by atoms with Crippen LogP contribution < -0.4 is 0 Å². The van der Waals surface area contributed by atoms with Crippen LogP contribution in [0.25, 0.3) is 11.0 Å². The second-order valence-corrected chi connectivity index (χ2v) is 7.51. The lowest BCUT2D eigenvalue weighted by Gasteiger charge is -2.32. The number of likely N-dealkylation sites (tertiary alicyclic amines) is 1. The van der Waals surface area contributed by atoms with Gasteiger partial charge in [-0.05, 0) is 43.5 Å². The van der Waals surface area contributed by atoms with Gasteiger partial charge >= 0.3 is 0 Å². The molecule has 3 heterocycles. The molecule has 1 aliphatic rings. The summed E-state index contributed by atoms with van der Waals surface area (Å²) < 4.78 is 0. The van der Waals surface area contributed by atoms with E-state index in [1.807, 2.05) is 23.1 Å². The Labute approximate surface area is 150 Å². The first kappa shape index (κ1) is 16.2. The molecule has 7 heteroatoms. The van der Waals surface area contributed by atoms with Crippen LogP contribution in [0.5, 0.6) is 0 Å². The minimum absolute atomic E-state index is 0.172. The highest BCUT2D eigenvalue weighted by Gasteiger charge is 2.25. The van der Waals surface area contributed by atoms with E-state index in [2.05, 4.69) is 33.2 Å². The molecule has 0 unspecified atom stereocenters. The van der Waals surface area contributed by atoms with Crippen LogP contribution in [-0.2, 0) is 4.79 Å². The van der Waals surface area contributed by atoms with Gasteiger partial charge < -0.3 is 9.88 Å². The maximum absolute atomic E-state index is 12.6. The molecule has 130 valence electrons. The number of hydrogen-bond donors (Lipinski definition) is 2. The Kier molecular flexibility index (Phi) is 4.48. The number of amides is 1. The van der Waals surface area contributed by atoms with E-state index in [9.17, 15) is 4.79 Å². The molecule has 0 spiro atoms. The van der Waals surface area contributed by atoms with Crippen molar-refractivity contribution in [1.82, 2.24) is 25.1 Å². The molecule has 1 amide bonds. The maximum Gasteiger partial charge on any atom is 0.233 e. The number of carbonyl (C=O) groups excluding carboxylic acids is 1. The van der Waals surface area contributed by atoms with Gasteiger partial charge in [0.1, 0.15) is 0 Å². The lowest BCUT2D eigenvalue weighted by molar-refractivity contribution is -0.129. The highest BCUT2D eigenvalue weighted by Crippen LogP contribution is 2.26. The molecular formula is C18H21N5OS. The fourth-order valence-electron chi connectivity index (χ4n) is 3.34. The molecule has 1 aromatic carbocycles. The van der Waals surface area contributed by atoms with Crippen molar-refractivity contribution in [2.45, 2.75) is 30.8 Å². The SMILES string of the molecule is Cc1ccc2nc(SCC(=O)N3CCC[C@H](c4ccn[nH]4)C3)[nH]c2c1. The third kappa shape index (κ3) is 3.56. The van der Waals surface area contributed by atoms with Gasteiger partial charge in [-0.3, -0.25) is 9.89 Å². The molecule has 3 aromatic rings. The van der Waals surface area contributed by atoms with Gasteiger partial charge in [0, 0.05) is 30.9 Å². The van der Waals surface area contributed by atoms with Crippen LogP contribution in [0.15, 0.2) is 35.6 Å². The van der Waals surface area contributed by atoms with E-state index in [0.717, 1.165) is 47.8 Å². The van der Waals surface area contributed by atoms with Crippen molar-refractivity contribution >= 4 is 28.7 Å². The number of piperidine rings is 1. The van der Waals surface area contributed by atoms with Crippen LogP contribution in [-0.4, -0.2) is 49.8 Å². The number of H-pyrrole nitrogens is 2. The molecule has 0 saturated carbocycles. The smallest absolute Gasteiger partial charge is 0.233 e. The summed E-state index contributed by atoms with van der Waals surface area (Å²) in [5.74, 6) is 0.944. The number of aryl methyl sites for hydroxylation is 1. The van der Waals surface area contributed by atoms with E-state index in [4.69, 9.17) is 0 Å². The molecule has 25 heavy (non-hydrogen) atoms. The molecular weight excluding hydrogens is 334 g/mol. The van der Waals surface area contributed by atoms with Crippen molar-refractivity contribution in [2.75, 3.05) is 18.8 Å². The van der Waals surface area contributed by atoms with Gasteiger partial charge in [-0.1, -0.05) is 17.8 Å². The standard InChI is InChI=1S/C18H21N5OS/c1-12-4-5-15-16(9-12)21-18(20-15)25-11-17(24)23-8-2-3-13(10-23)14-6-7-19-22-14/h4-7,9,13H,2-3,8,10-11H2,1H3,(H,19,22)(H,20,21)/t13-/m0/s1. The van der Waals surface area contributed by atoms with Gasteiger partial charge in [-0.2, -0.15) is 5.10 Å². The number of nitrogens with one attached hydrogen (secondary N) is 2. The minimum atomic E-state index is 0.172. The number of aromatic nitrogens is 4. The highest BCUT2D eigenvalue weighted by atomic mass is 32.2. The Morgan fingerprint density at radius 1 is 1.40 bits per heavy atom. The summed E-state index contributed by atoms with van der Waals surface area (Å²) >= 11 is 1.47. The van der Waals surface area contributed by atoms with Crippen molar-refractivity contribution < 1.29 is 4.79 Å². The molecule has 1 aliphatic heterocycles. The third-order valence-corrected chi connectivity index (χ3v) is 5.54. The van der Waals surface area contributed by atoms with E-state index < -0.39 is 0 Å². The number of carbonyl (C=O) groups is 1. The van der Waals surface area contributed by atoms with Gasteiger partial charge in [0.2, 0.25) is 5.91 Å². The van der Waals surface area contributed by atoms with Crippen LogP contribution in [0.2, 0.25) is 0 Å². The number of hydrogen-bond acceptors (Lipinski definition) is 4. The highest BCUT2D eigenvalue weighted by molar-refractivity contribution is 7.99. The van der Waals surface area contributed by atoms with Crippen LogP contribution in [0.1, 0.15) is 30.0 Å². The molecule has 2 aromatic heterocycles. The van der Waals surface area contributed by atoms with E-state index in [0.29, 0.717) is 11.7 Å². The van der Waals surface area contributed by atoms with Crippen molar-refractivity contribution in [3.05, 3.63) is 41.7 Å². The second kappa shape index (κ2) is 6.92. The van der Waals surface area contributed by atoms with Crippen LogP contribution in [0.3, 0.4) is 0 Å². The topological polar surface area (TPSA) is 77.7 Å². The van der Waals surface area contributed by atoms with E-state index >= 15 is 0 Å². The number of benzene rings is 1. The monoisotopic (exact) mass is 355 g/mol. The predicted molar refractivity (Wildman–Crippen MR) is 98.7 cm³/mol. The van der Waals surface area contributed by atoms with Crippen LogP contribution in [0, 0.1) is 6.92 Å². The van der Waals surface area contributed by atoms with Crippen LogP contribution >= 0.6 is 11.8 Å². The van der Waals surface area contributed by atoms with Crippen molar-refractivity contribution in [2.24, 2.45) is 0 Å². The zero-order chi connectivity index (χ0) is 17.2. The normalized spacial score (nSPS) is 18.0. The van der Waals surface area contributed by atoms with Gasteiger partial charge in [0.25, 0.3) is 0 Å². The zero-order valence-electron chi connectivity index (χ0n) is 14.2. The Morgan fingerprint density at radius 3 is 3.16 bits per heavy atom. The molecule has 0 aliphatic carbocycles. The minimum Gasteiger partial charge on any atom is -0.341 e. The summed E-state index contributed by atoms with van der Waals surface area (Å²) in [6.45, 7) is 3.66. The van der Waals surface area contributed by atoms with Gasteiger partial charge in [-0.25, -0.2) is 4.98 Å². The van der Waals surface area contributed by atoms with Crippen LogP contribution in [0.4, 0.5) is 0 Å². The summed E-state index contributed by atoms with van der Waals surface area (Å²) in [4.78, 5) is 22.4. The first-order chi connectivity index (χ1) is 12.2. The van der Waals surface area contributed by atoms with Crippen molar-refractivity contribution in [1.29, 1.82) is 0 Å². The summed E-state index contributed by atoms with van der Waals surface area (Å²) in [5.41, 5.74) is 4.28. The molecule has 1 fully saturated rings. The molecule has 4 rings (SSSR count). The molecule has 0 radical (unpaired) electrons. The summed E-state index contributed by atoms with van der Waals surface area (Å²) in [6.07, 6.45) is 3.90. The Balaban J connectivity index is 1.37. The first-order valence-corrected chi connectivity index (χ1v) is 9.54. The van der Waals surface area contributed by atoms with E-state index in [1.54, 1.807) is 6.20 Å². The number of nitrogens with zero attached hydrogens (tertiary/aromatic N) is 3. The summed E-state index contributed by atoms with van der Waals surface area (Å²) in [7, 11) is 0. The third-order valence-electron chi connectivity index (χ3n) is 4.68. The molecule has 0 bridgehead atoms. The summed E-state index contributed by atoms with van der Waals surface area (Å²) in [6, 6.07) is 8.14. The maximum atomic E-state index is 12.6. The van der Waals surface area contributed by atoms with Gasteiger partial charge in [-0.15, -0.1) is 0 Å². The Morgan fingerprint density at radius 2 is 2.32 bits per heavy atom. The summed E-state index contributed by atoms with van der Waals surface area (Å²) in [5, 5.41) is 7.86. The fourth-order valence-corrected chi connectivity index (χ4v) is 4.13. The van der Waals surface area contributed by atoms with Gasteiger partial charge in [0.15, 0.2) is 5.16 Å². The van der Waals surface area contributed by atoms with Gasteiger partial charge in [0.05, 0.1) is 16.8 Å². The second-order valence-electron chi connectivity index (χ2n) is 6.54. The largest absolute Gasteiger partial charge is 0.341 e. The number of fused-ring (bicyclic) bond motifs is 1. The number of imidazole rings is 1. The molecule has 2 N–H and O–H groups in total. The van der Waals surface area contributed by atoms with Crippen molar-refractivity contribution in [3.63, 3.8) is 0 Å². The molecule has 1 saturated heterocycles. The predicted octanol–water partition coefficient (Wildman–Crippen LogP) is 3.09. The Bertz CT molecular complexity index is 873. The molecule has 1 atom stereocenters. The van der Waals surface area contributed by atoms with E-state index in [-0.39, 0.29) is 5.91 Å². The van der Waals surface area contributed by atoms with Crippen molar-refractivity contribution in [3.8, 4) is 0 Å². The lowest BCUT2D eigenvalue weighted by atomic mass is 9.95. The first-order valence-electron chi connectivity index (χ1n) is 8.55. The Hall–Kier alpha value is -2.28. The average molecular weight is 355 g/mol.